The predicted octanol–water partition coefficient (Wildman–Crippen LogP) is 1.58. The zero-order valence-electron chi connectivity index (χ0n) is 10.4. The summed E-state index contributed by atoms with van der Waals surface area (Å²) in [6.45, 7) is 0. The van der Waals surface area contributed by atoms with Crippen molar-refractivity contribution in [3.8, 4) is 0 Å². The van der Waals surface area contributed by atoms with Crippen molar-refractivity contribution in [2.45, 2.75) is 18.9 Å². The van der Waals surface area contributed by atoms with E-state index in [0.717, 1.165) is 0 Å². The number of carboxylic acids is 1. The molecule has 0 atom stereocenters. The lowest BCUT2D eigenvalue weighted by Gasteiger charge is -2.32. The monoisotopic (exact) mass is 293 g/mol. The first kappa shape index (κ1) is 12.9. The smallest absolute Gasteiger partial charge is 0.306 e. The van der Waals surface area contributed by atoms with Gasteiger partial charge in [0.1, 0.15) is 0 Å². The fraction of sp³-hybridized carbons (Fsp3) is 0.308. The van der Waals surface area contributed by atoms with E-state index in [9.17, 15) is 9.59 Å². The van der Waals surface area contributed by atoms with E-state index in [2.05, 4.69) is 10.4 Å². The number of aliphatic carboxylic acids is 1. The summed E-state index contributed by atoms with van der Waals surface area (Å²) in [5.74, 6) is -1.44. The molecule has 1 saturated carbocycles. The van der Waals surface area contributed by atoms with E-state index in [-0.39, 0.29) is 17.9 Å². The Hall–Kier alpha value is -2.08. The van der Waals surface area contributed by atoms with Crippen molar-refractivity contribution in [1.82, 2.24) is 14.9 Å². The molecule has 3 rings (SSSR count). The molecule has 1 amide bonds. The van der Waals surface area contributed by atoms with Gasteiger partial charge in [-0.15, -0.1) is 0 Å². The molecule has 0 radical (unpaired) electrons. The van der Waals surface area contributed by atoms with Crippen molar-refractivity contribution >= 4 is 29.0 Å². The minimum atomic E-state index is -0.811. The highest BCUT2D eigenvalue weighted by Gasteiger charge is 2.35. The van der Waals surface area contributed by atoms with Crippen LogP contribution in [0, 0.1) is 5.92 Å². The van der Waals surface area contributed by atoms with E-state index in [0.29, 0.717) is 28.9 Å². The van der Waals surface area contributed by atoms with Gasteiger partial charge >= 0.3 is 5.97 Å². The van der Waals surface area contributed by atoms with Crippen LogP contribution in [0.4, 0.5) is 0 Å². The molecule has 0 bridgehead atoms. The number of nitrogens with zero attached hydrogens (tertiary/aromatic N) is 2. The van der Waals surface area contributed by atoms with Gasteiger partial charge in [0.05, 0.1) is 28.2 Å². The molecule has 0 aromatic carbocycles. The zero-order chi connectivity index (χ0) is 14.3. The fourth-order valence-electron chi connectivity index (χ4n) is 2.37. The number of nitrogens with one attached hydrogen (secondary N) is 1. The van der Waals surface area contributed by atoms with Gasteiger partial charge < -0.3 is 10.4 Å². The van der Waals surface area contributed by atoms with Crippen LogP contribution in [-0.4, -0.2) is 32.6 Å². The van der Waals surface area contributed by atoms with Crippen molar-refractivity contribution < 1.29 is 14.7 Å². The number of amides is 1. The van der Waals surface area contributed by atoms with Crippen LogP contribution < -0.4 is 5.32 Å². The van der Waals surface area contributed by atoms with Crippen LogP contribution in [0.5, 0.6) is 0 Å². The minimum absolute atomic E-state index is 0.0963. The summed E-state index contributed by atoms with van der Waals surface area (Å²) in [4.78, 5) is 22.9. The number of hydrogen-bond donors (Lipinski definition) is 2. The van der Waals surface area contributed by atoms with Gasteiger partial charge in [-0.05, 0) is 25.0 Å². The maximum Gasteiger partial charge on any atom is 0.306 e. The second-order valence-electron chi connectivity index (χ2n) is 4.88. The highest BCUT2D eigenvalue weighted by Crippen LogP contribution is 2.28. The van der Waals surface area contributed by atoms with Gasteiger partial charge in [0.15, 0.2) is 0 Å². The van der Waals surface area contributed by atoms with Crippen LogP contribution in [0.2, 0.25) is 5.02 Å². The Kier molecular flexibility index (Phi) is 3.10. The van der Waals surface area contributed by atoms with Crippen LogP contribution in [0.1, 0.15) is 23.2 Å². The van der Waals surface area contributed by atoms with E-state index >= 15 is 0 Å². The Bertz CT molecular complexity index is 691. The molecule has 7 heteroatoms. The van der Waals surface area contributed by atoms with Crippen molar-refractivity contribution in [2.24, 2.45) is 5.92 Å². The van der Waals surface area contributed by atoms with Crippen LogP contribution >= 0.6 is 11.6 Å². The first-order chi connectivity index (χ1) is 9.56. The van der Waals surface area contributed by atoms with Gasteiger partial charge in [-0.25, -0.2) is 4.52 Å². The van der Waals surface area contributed by atoms with E-state index in [4.69, 9.17) is 16.7 Å². The van der Waals surface area contributed by atoms with Crippen molar-refractivity contribution in [3.63, 3.8) is 0 Å². The van der Waals surface area contributed by atoms with E-state index in [1.807, 2.05) is 0 Å². The largest absolute Gasteiger partial charge is 0.481 e. The van der Waals surface area contributed by atoms with Crippen molar-refractivity contribution in [1.29, 1.82) is 0 Å². The summed E-state index contributed by atoms with van der Waals surface area (Å²) in [5, 5.41) is 16.1. The highest BCUT2D eigenvalue weighted by atomic mass is 35.5. The van der Waals surface area contributed by atoms with Gasteiger partial charge in [0.25, 0.3) is 5.91 Å². The SMILES string of the molecule is O=C(NC1CC(C(=O)O)C1)c1cnn2cccc(Cl)c12. The lowest BCUT2D eigenvalue weighted by Crippen LogP contribution is -2.46. The van der Waals surface area contributed by atoms with Gasteiger partial charge in [-0.2, -0.15) is 5.10 Å². The Morgan fingerprint density at radius 1 is 1.45 bits per heavy atom. The van der Waals surface area contributed by atoms with E-state index in [1.54, 1.807) is 18.3 Å². The molecule has 2 aromatic heterocycles. The number of rotatable bonds is 3. The van der Waals surface area contributed by atoms with Crippen LogP contribution in [-0.2, 0) is 4.79 Å². The molecule has 0 unspecified atom stereocenters. The highest BCUT2D eigenvalue weighted by molar-refractivity contribution is 6.34. The molecule has 1 aliphatic carbocycles. The fourth-order valence-corrected chi connectivity index (χ4v) is 2.63. The first-order valence-electron chi connectivity index (χ1n) is 6.22. The number of hydrogen-bond acceptors (Lipinski definition) is 3. The number of carboxylic acid groups (broad SMARTS) is 1. The molecule has 1 fully saturated rings. The first-order valence-corrected chi connectivity index (χ1v) is 6.59. The topological polar surface area (TPSA) is 83.7 Å². The number of carbonyl (C=O) groups is 2. The summed E-state index contributed by atoms with van der Waals surface area (Å²) in [5.41, 5.74) is 0.954. The third-order valence-corrected chi connectivity index (χ3v) is 3.86. The predicted molar refractivity (Wildman–Crippen MR) is 71.8 cm³/mol. The van der Waals surface area contributed by atoms with Crippen molar-refractivity contribution in [2.75, 3.05) is 0 Å². The number of fused-ring (bicyclic) bond motifs is 1. The van der Waals surface area contributed by atoms with Gasteiger partial charge in [-0.3, -0.25) is 9.59 Å². The third-order valence-electron chi connectivity index (χ3n) is 3.56. The Balaban J connectivity index is 1.76. The lowest BCUT2D eigenvalue weighted by atomic mass is 9.80. The normalized spacial score (nSPS) is 21.4. The average molecular weight is 294 g/mol. The van der Waals surface area contributed by atoms with Crippen molar-refractivity contribution in [3.05, 3.63) is 35.1 Å². The molecule has 0 aliphatic heterocycles. The molecule has 6 nitrogen and oxygen atoms in total. The third kappa shape index (κ3) is 2.12. The van der Waals surface area contributed by atoms with Gasteiger partial charge in [0, 0.05) is 12.2 Å². The minimum Gasteiger partial charge on any atom is -0.481 e. The summed E-state index contributed by atoms with van der Waals surface area (Å²) < 4.78 is 1.54. The van der Waals surface area contributed by atoms with Gasteiger partial charge in [0.2, 0.25) is 0 Å². The number of carbonyl (C=O) groups excluding carboxylic acids is 1. The number of aromatic nitrogens is 2. The molecular weight excluding hydrogens is 282 g/mol. The molecule has 2 aromatic rings. The molecule has 2 N–H and O–H groups in total. The molecule has 20 heavy (non-hydrogen) atoms. The molecule has 104 valence electrons. The average Bonchev–Trinajstić information content (AvgIpc) is 2.77. The maximum atomic E-state index is 12.2. The van der Waals surface area contributed by atoms with Crippen LogP contribution in [0.15, 0.2) is 24.5 Å². The second kappa shape index (κ2) is 4.79. The quantitative estimate of drug-likeness (QED) is 0.900. The lowest BCUT2D eigenvalue weighted by molar-refractivity contribution is -0.145. The number of halogens is 1. The molecule has 0 saturated heterocycles. The summed E-state index contributed by atoms with van der Waals surface area (Å²) in [7, 11) is 0. The van der Waals surface area contributed by atoms with Crippen LogP contribution in [0.25, 0.3) is 5.52 Å². The molecule has 0 spiro atoms. The van der Waals surface area contributed by atoms with E-state index in [1.165, 1.54) is 10.7 Å². The Labute approximate surface area is 119 Å². The second-order valence-corrected chi connectivity index (χ2v) is 5.29. The maximum absolute atomic E-state index is 12.2. The van der Waals surface area contributed by atoms with Gasteiger partial charge in [-0.1, -0.05) is 11.6 Å². The van der Waals surface area contributed by atoms with Crippen LogP contribution in [0.3, 0.4) is 0 Å². The molecule has 2 heterocycles. The summed E-state index contributed by atoms with van der Waals surface area (Å²) in [6, 6.07) is 3.34. The molecule has 1 aliphatic rings. The summed E-state index contributed by atoms with van der Waals surface area (Å²) >= 11 is 6.08. The Morgan fingerprint density at radius 2 is 2.20 bits per heavy atom. The molecular formula is C13H12ClN3O3. The Morgan fingerprint density at radius 3 is 2.90 bits per heavy atom. The standard InChI is InChI=1S/C13H12ClN3O3/c14-10-2-1-3-17-11(10)9(6-15-17)12(18)16-8-4-7(5-8)13(19)20/h1-3,6-8H,4-5H2,(H,16,18)(H,19,20). The number of pyridine rings is 1. The summed E-state index contributed by atoms with van der Waals surface area (Å²) in [6.07, 6.45) is 4.10. The zero-order valence-corrected chi connectivity index (χ0v) is 11.2. The van der Waals surface area contributed by atoms with E-state index < -0.39 is 5.97 Å².